The molecular formula is C17H26N4O. The molecule has 5 nitrogen and oxygen atoms in total. The third-order valence-corrected chi connectivity index (χ3v) is 4.96. The summed E-state index contributed by atoms with van der Waals surface area (Å²) >= 11 is 0. The van der Waals surface area contributed by atoms with Crippen LogP contribution >= 0.6 is 0 Å². The number of nitrogens with zero attached hydrogens (tertiary/aromatic N) is 4. The molecule has 2 heterocycles. The predicted octanol–water partition coefficient (Wildman–Crippen LogP) is 1.98. The smallest absolute Gasteiger partial charge is 0.223 e. The minimum absolute atomic E-state index is 0.210. The first-order valence-corrected chi connectivity index (χ1v) is 8.34. The van der Waals surface area contributed by atoms with E-state index in [-0.39, 0.29) is 6.04 Å². The average Bonchev–Trinajstić information content (AvgIpc) is 3.18. The molecule has 22 heavy (non-hydrogen) atoms. The van der Waals surface area contributed by atoms with Gasteiger partial charge in [0.25, 0.3) is 0 Å². The first kappa shape index (κ1) is 15.3. The zero-order valence-corrected chi connectivity index (χ0v) is 13.6. The Bertz CT molecular complexity index is 551. The number of aromatic nitrogens is 2. The van der Waals surface area contributed by atoms with Gasteiger partial charge in [-0.2, -0.15) is 0 Å². The molecule has 120 valence electrons. The van der Waals surface area contributed by atoms with E-state index < -0.39 is 0 Å². The van der Waals surface area contributed by atoms with Crippen molar-refractivity contribution in [1.82, 2.24) is 19.4 Å². The fraction of sp³-hybridized carbons (Fsp3) is 0.647. The number of imidazole rings is 1. The van der Waals surface area contributed by atoms with Gasteiger partial charge in [-0.15, -0.1) is 0 Å². The number of rotatable bonds is 4. The molecule has 0 spiro atoms. The van der Waals surface area contributed by atoms with Crippen LogP contribution in [-0.4, -0.2) is 51.4 Å². The van der Waals surface area contributed by atoms with Crippen molar-refractivity contribution in [1.29, 1.82) is 0 Å². The van der Waals surface area contributed by atoms with Crippen molar-refractivity contribution >= 4 is 5.91 Å². The van der Waals surface area contributed by atoms with Crippen LogP contribution < -0.4 is 0 Å². The van der Waals surface area contributed by atoms with Gasteiger partial charge in [0, 0.05) is 45.5 Å². The molecule has 0 bridgehead atoms. The van der Waals surface area contributed by atoms with E-state index in [2.05, 4.69) is 33.5 Å². The SMILES string of the molecule is CCN1CCN(C(=O)C[C@H]2C=CCC2)C[C@H]1c1nccn1C. The summed E-state index contributed by atoms with van der Waals surface area (Å²) in [4.78, 5) is 21.6. The lowest BCUT2D eigenvalue weighted by Crippen LogP contribution is -2.51. The Kier molecular flexibility index (Phi) is 4.62. The van der Waals surface area contributed by atoms with E-state index in [1.165, 1.54) is 0 Å². The van der Waals surface area contributed by atoms with Crippen LogP contribution in [0.3, 0.4) is 0 Å². The van der Waals surface area contributed by atoms with Crippen molar-refractivity contribution < 1.29 is 4.79 Å². The first-order valence-electron chi connectivity index (χ1n) is 8.34. The molecule has 0 radical (unpaired) electrons. The van der Waals surface area contributed by atoms with Crippen molar-refractivity contribution in [2.24, 2.45) is 13.0 Å². The van der Waals surface area contributed by atoms with Gasteiger partial charge in [0.05, 0.1) is 6.04 Å². The predicted molar refractivity (Wildman–Crippen MR) is 86.3 cm³/mol. The summed E-state index contributed by atoms with van der Waals surface area (Å²) in [7, 11) is 2.03. The van der Waals surface area contributed by atoms with Crippen molar-refractivity contribution in [3.05, 3.63) is 30.4 Å². The number of aryl methyl sites for hydroxylation is 1. The Morgan fingerprint density at radius 2 is 2.27 bits per heavy atom. The highest BCUT2D eigenvalue weighted by atomic mass is 16.2. The number of carbonyl (C=O) groups excluding carboxylic acids is 1. The third-order valence-electron chi connectivity index (χ3n) is 4.96. The molecule has 0 aromatic carbocycles. The van der Waals surface area contributed by atoms with Crippen LogP contribution in [-0.2, 0) is 11.8 Å². The lowest BCUT2D eigenvalue weighted by molar-refractivity contribution is -0.135. The maximum absolute atomic E-state index is 12.6. The van der Waals surface area contributed by atoms with E-state index in [4.69, 9.17) is 0 Å². The molecule has 2 aliphatic rings. The van der Waals surface area contributed by atoms with Crippen LogP contribution in [0.15, 0.2) is 24.5 Å². The Balaban J connectivity index is 1.68. The van der Waals surface area contributed by atoms with Gasteiger partial charge in [-0.1, -0.05) is 19.1 Å². The Labute approximate surface area is 132 Å². The van der Waals surface area contributed by atoms with Crippen LogP contribution in [0.5, 0.6) is 0 Å². The van der Waals surface area contributed by atoms with Gasteiger partial charge in [0.2, 0.25) is 5.91 Å². The normalized spacial score (nSPS) is 25.8. The second-order valence-electron chi connectivity index (χ2n) is 6.35. The summed E-state index contributed by atoms with van der Waals surface area (Å²) in [6.07, 6.45) is 11.1. The molecule has 3 rings (SSSR count). The number of allylic oxidation sites excluding steroid dienone is 2. The highest BCUT2D eigenvalue weighted by Gasteiger charge is 2.32. The van der Waals surface area contributed by atoms with Crippen LogP contribution in [0.25, 0.3) is 0 Å². The fourth-order valence-corrected chi connectivity index (χ4v) is 3.59. The standard InChI is InChI=1S/C17H26N4O/c1-3-20-10-11-21(16(22)12-14-6-4-5-7-14)13-15(20)17-18-8-9-19(17)2/h4,6,8-9,14-15H,3,5,7,10-13H2,1-2H3/t14-,15-/m0/s1. The lowest BCUT2D eigenvalue weighted by atomic mass is 10.0. The average molecular weight is 302 g/mol. The Morgan fingerprint density at radius 1 is 1.41 bits per heavy atom. The summed E-state index contributed by atoms with van der Waals surface area (Å²) in [5, 5.41) is 0. The van der Waals surface area contributed by atoms with Gasteiger partial charge < -0.3 is 9.47 Å². The van der Waals surface area contributed by atoms with Crippen LogP contribution in [0.1, 0.15) is 38.1 Å². The molecule has 1 amide bonds. The molecule has 1 aromatic heterocycles. The summed E-state index contributed by atoms with van der Waals surface area (Å²) in [5.74, 6) is 1.80. The first-order chi connectivity index (χ1) is 10.7. The fourth-order valence-electron chi connectivity index (χ4n) is 3.59. The zero-order chi connectivity index (χ0) is 15.5. The van der Waals surface area contributed by atoms with E-state index in [9.17, 15) is 4.79 Å². The minimum atomic E-state index is 0.210. The van der Waals surface area contributed by atoms with Gasteiger partial charge in [-0.05, 0) is 25.3 Å². The molecule has 1 aliphatic heterocycles. The number of amides is 1. The summed E-state index contributed by atoms with van der Waals surface area (Å²) < 4.78 is 2.07. The highest BCUT2D eigenvalue weighted by molar-refractivity contribution is 5.77. The highest BCUT2D eigenvalue weighted by Crippen LogP contribution is 2.26. The molecule has 1 saturated heterocycles. The molecule has 0 saturated carbocycles. The summed E-state index contributed by atoms with van der Waals surface area (Å²) in [6.45, 7) is 5.69. The van der Waals surface area contributed by atoms with E-state index in [1.54, 1.807) is 0 Å². The van der Waals surface area contributed by atoms with E-state index >= 15 is 0 Å². The number of hydrogen-bond donors (Lipinski definition) is 0. The summed E-state index contributed by atoms with van der Waals surface area (Å²) in [6, 6.07) is 0.210. The molecule has 5 heteroatoms. The Morgan fingerprint density at radius 3 is 2.91 bits per heavy atom. The van der Waals surface area contributed by atoms with Crippen molar-refractivity contribution in [3.63, 3.8) is 0 Å². The number of hydrogen-bond acceptors (Lipinski definition) is 3. The molecule has 1 fully saturated rings. The molecule has 2 atom stereocenters. The monoisotopic (exact) mass is 302 g/mol. The van der Waals surface area contributed by atoms with Crippen LogP contribution in [0, 0.1) is 5.92 Å². The maximum atomic E-state index is 12.6. The molecular weight excluding hydrogens is 276 g/mol. The number of piperazine rings is 1. The van der Waals surface area contributed by atoms with Crippen LogP contribution in [0.4, 0.5) is 0 Å². The minimum Gasteiger partial charge on any atom is -0.339 e. The summed E-state index contributed by atoms with van der Waals surface area (Å²) in [5.41, 5.74) is 0. The van der Waals surface area contributed by atoms with Gasteiger partial charge >= 0.3 is 0 Å². The number of carbonyl (C=O) groups is 1. The van der Waals surface area contributed by atoms with Crippen molar-refractivity contribution in [2.45, 2.75) is 32.2 Å². The van der Waals surface area contributed by atoms with E-state index in [0.29, 0.717) is 18.2 Å². The lowest BCUT2D eigenvalue weighted by Gasteiger charge is -2.40. The number of likely N-dealkylation sites (N-methyl/N-ethyl adjacent to an activating group) is 1. The van der Waals surface area contributed by atoms with Gasteiger partial charge in [-0.3, -0.25) is 9.69 Å². The quantitative estimate of drug-likeness (QED) is 0.799. The van der Waals surface area contributed by atoms with Gasteiger partial charge in [0.15, 0.2) is 0 Å². The van der Waals surface area contributed by atoms with Crippen molar-refractivity contribution in [3.8, 4) is 0 Å². The zero-order valence-electron chi connectivity index (χ0n) is 13.6. The van der Waals surface area contributed by atoms with E-state index in [0.717, 1.165) is 44.8 Å². The van der Waals surface area contributed by atoms with Gasteiger partial charge in [0.1, 0.15) is 5.82 Å². The van der Waals surface area contributed by atoms with Crippen molar-refractivity contribution in [2.75, 3.05) is 26.2 Å². The van der Waals surface area contributed by atoms with Gasteiger partial charge in [-0.25, -0.2) is 4.98 Å². The van der Waals surface area contributed by atoms with E-state index in [1.807, 2.05) is 24.3 Å². The molecule has 0 unspecified atom stereocenters. The van der Waals surface area contributed by atoms with Crippen LogP contribution in [0.2, 0.25) is 0 Å². The molecule has 0 N–H and O–H groups in total. The molecule has 1 aliphatic carbocycles. The molecule has 1 aromatic rings. The largest absolute Gasteiger partial charge is 0.339 e. The Hall–Kier alpha value is -1.62. The third kappa shape index (κ3) is 3.09. The second kappa shape index (κ2) is 6.65. The second-order valence-corrected chi connectivity index (χ2v) is 6.35. The maximum Gasteiger partial charge on any atom is 0.223 e. The topological polar surface area (TPSA) is 41.4 Å².